The zero-order chi connectivity index (χ0) is 15.5. The highest BCUT2D eigenvalue weighted by molar-refractivity contribution is 5.68. The predicted molar refractivity (Wildman–Crippen MR) is 83.1 cm³/mol. The Kier molecular flexibility index (Phi) is 8.19. The Morgan fingerprint density at radius 3 is 2.71 bits per heavy atom. The molecule has 0 amide bonds. The fraction of sp³-hybridized carbons (Fsp3) is 0.600. The Morgan fingerprint density at radius 1 is 1.24 bits per heavy atom. The second-order valence-electron chi connectivity index (χ2n) is 4.74. The number of nitrogens with zero attached hydrogens (tertiary/aromatic N) is 1. The minimum atomic E-state index is -0.391. The molecule has 6 heteroatoms. The average Bonchev–Trinajstić information content (AvgIpc) is 2.48. The highest BCUT2D eigenvalue weighted by Gasteiger charge is 2.20. The SMILES string of the molecule is CCCOc1cccc(NCCCCCOC)c1[N+](=O)[O-]. The first-order valence-electron chi connectivity index (χ1n) is 7.33. The van der Waals surface area contributed by atoms with E-state index in [1.807, 2.05) is 6.92 Å². The zero-order valence-corrected chi connectivity index (χ0v) is 12.8. The van der Waals surface area contributed by atoms with E-state index in [4.69, 9.17) is 9.47 Å². The lowest BCUT2D eigenvalue weighted by Gasteiger charge is -2.10. The molecule has 0 aliphatic carbocycles. The van der Waals surface area contributed by atoms with E-state index >= 15 is 0 Å². The average molecular weight is 296 g/mol. The van der Waals surface area contributed by atoms with Gasteiger partial charge in [-0.2, -0.15) is 0 Å². The number of hydrogen-bond donors (Lipinski definition) is 1. The van der Waals surface area contributed by atoms with Gasteiger partial charge in [-0.25, -0.2) is 0 Å². The van der Waals surface area contributed by atoms with Crippen LogP contribution >= 0.6 is 0 Å². The van der Waals surface area contributed by atoms with E-state index in [9.17, 15) is 10.1 Å². The maximum atomic E-state index is 11.2. The van der Waals surface area contributed by atoms with Crippen molar-refractivity contribution < 1.29 is 14.4 Å². The molecule has 0 aliphatic heterocycles. The molecule has 6 nitrogen and oxygen atoms in total. The Balaban J connectivity index is 2.61. The van der Waals surface area contributed by atoms with E-state index in [-0.39, 0.29) is 5.69 Å². The van der Waals surface area contributed by atoms with E-state index in [2.05, 4.69) is 5.32 Å². The summed E-state index contributed by atoms with van der Waals surface area (Å²) >= 11 is 0. The zero-order valence-electron chi connectivity index (χ0n) is 12.8. The van der Waals surface area contributed by atoms with Gasteiger partial charge in [-0.05, 0) is 37.8 Å². The molecule has 0 unspecified atom stereocenters. The number of hydrogen-bond acceptors (Lipinski definition) is 5. The Hall–Kier alpha value is -1.82. The van der Waals surface area contributed by atoms with Crippen molar-refractivity contribution in [2.24, 2.45) is 0 Å². The van der Waals surface area contributed by atoms with Gasteiger partial charge < -0.3 is 14.8 Å². The Morgan fingerprint density at radius 2 is 2.05 bits per heavy atom. The van der Waals surface area contributed by atoms with E-state index in [1.54, 1.807) is 25.3 Å². The second kappa shape index (κ2) is 9.99. The molecule has 1 aromatic rings. The number of benzene rings is 1. The largest absolute Gasteiger partial charge is 0.487 e. The van der Waals surface area contributed by atoms with Gasteiger partial charge >= 0.3 is 5.69 Å². The van der Waals surface area contributed by atoms with Crippen LogP contribution in [0.15, 0.2) is 18.2 Å². The number of methoxy groups -OCH3 is 1. The molecular formula is C15H24N2O4. The van der Waals surface area contributed by atoms with E-state index < -0.39 is 4.92 Å². The first-order valence-corrected chi connectivity index (χ1v) is 7.33. The van der Waals surface area contributed by atoms with E-state index in [0.717, 1.165) is 32.3 Å². The lowest BCUT2D eigenvalue weighted by molar-refractivity contribution is -0.385. The number of anilines is 1. The van der Waals surface area contributed by atoms with Gasteiger partial charge in [0.2, 0.25) is 0 Å². The van der Waals surface area contributed by atoms with Crippen LogP contribution in [0.3, 0.4) is 0 Å². The molecule has 0 fully saturated rings. The third-order valence-corrected chi connectivity index (χ3v) is 2.98. The summed E-state index contributed by atoms with van der Waals surface area (Å²) in [4.78, 5) is 10.9. The van der Waals surface area contributed by atoms with Crippen LogP contribution in [0.1, 0.15) is 32.6 Å². The van der Waals surface area contributed by atoms with Crippen LogP contribution in [-0.2, 0) is 4.74 Å². The van der Waals surface area contributed by atoms with Crippen LogP contribution in [0.2, 0.25) is 0 Å². The summed E-state index contributed by atoms with van der Waals surface area (Å²) < 4.78 is 10.4. The van der Waals surface area contributed by atoms with Gasteiger partial charge in [0.05, 0.1) is 11.5 Å². The Labute approximate surface area is 125 Å². The van der Waals surface area contributed by atoms with Gasteiger partial charge in [-0.1, -0.05) is 13.0 Å². The summed E-state index contributed by atoms with van der Waals surface area (Å²) in [6.45, 7) is 3.89. The van der Waals surface area contributed by atoms with Crippen LogP contribution in [0.4, 0.5) is 11.4 Å². The van der Waals surface area contributed by atoms with Crippen molar-refractivity contribution in [2.45, 2.75) is 32.6 Å². The molecule has 1 N–H and O–H groups in total. The molecule has 0 aliphatic rings. The number of para-hydroxylation sites is 1. The molecule has 1 rings (SSSR count). The van der Waals surface area contributed by atoms with Gasteiger partial charge in [0, 0.05) is 20.3 Å². The van der Waals surface area contributed by atoms with Crippen molar-refractivity contribution in [1.82, 2.24) is 0 Å². The first kappa shape index (κ1) is 17.2. The molecule has 0 aromatic heterocycles. The quantitative estimate of drug-likeness (QED) is 0.383. The van der Waals surface area contributed by atoms with Gasteiger partial charge in [0.25, 0.3) is 0 Å². The standard InChI is InChI=1S/C15H24N2O4/c1-3-11-21-14-9-7-8-13(15(14)17(18)19)16-10-5-4-6-12-20-2/h7-9,16H,3-6,10-12H2,1-2H3. The van der Waals surface area contributed by atoms with Crippen LogP contribution in [0.25, 0.3) is 0 Å². The lowest BCUT2D eigenvalue weighted by Crippen LogP contribution is -2.06. The van der Waals surface area contributed by atoms with Crippen molar-refractivity contribution in [2.75, 3.05) is 32.2 Å². The van der Waals surface area contributed by atoms with Crippen molar-refractivity contribution in [3.63, 3.8) is 0 Å². The van der Waals surface area contributed by atoms with Gasteiger partial charge in [0.1, 0.15) is 5.69 Å². The fourth-order valence-electron chi connectivity index (χ4n) is 1.95. The summed E-state index contributed by atoms with van der Waals surface area (Å²) in [7, 11) is 1.68. The van der Waals surface area contributed by atoms with Crippen LogP contribution < -0.4 is 10.1 Å². The number of rotatable bonds is 11. The van der Waals surface area contributed by atoms with E-state index in [0.29, 0.717) is 24.6 Å². The number of nitro groups is 1. The summed E-state index contributed by atoms with van der Waals surface area (Å²) in [5.41, 5.74) is 0.531. The van der Waals surface area contributed by atoms with Gasteiger partial charge in [-0.3, -0.25) is 10.1 Å². The topological polar surface area (TPSA) is 73.6 Å². The summed E-state index contributed by atoms with van der Waals surface area (Å²) in [6.07, 6.45) is 3.79. The highest BCUT2D eigenvalue weighted by Crippen LogP contribution is 2.34. The van der Waals surface area contributed by atoms with Gasteiger partial charge in [0.15, 0.2) is 5.75 Å². The molecular weight excluding hydrogens is 272 g/mol. The summed E-state index contributed by atoms with van der Waals surface area (Å²) in [5, 5.41) is 14.4. The summed E-state index contributed by atoms with van der Waals surface area (Å²) in [6, 6.07) is 5.12. The molecule has 0 spiro atoms. The maximum absolute atomic E-state index is 11.2. The maximum Gasteiger partial charge on any atom is 0.333 e. The van der Waals surface area contributed by atoms with E-state index in [1.165, 1.54) is 0 Å². The number of ether oxygens (including phenoxy) is 2. The molecule has 0 saturated heterocycles. The Bertz CT molecular complexity index is 438. The molecule has 0 saturated carbocycles. The highest BCUT2D eigenvalue weighted by atomic mass is 16.6. The normalized spacial score (nSPS) is 10.4. The molecule has 118 valence electrons. The number of nitrogens with one attached hydrogen (secondary N) is 1. The minimum absolute atomic E-state index is 0.0165. The number of nitro benzene ring substituents is 1. The second-order valence-corrected chi connectivity index (χ2v) is 4.74. The lowest BCUT2D eigenvalue weighted by atomic mass is 10.2. The smallest absolute Gasteiger partial charge is 0.333 e. The van der Waals surface area contributed by atoms with Crippen LogP contribution in [0.5, 0.6) is 5.75 Å². The predicted octanol–water partition coefficient (Wildman–Crippen LogP) is 3.61. The van der Waals surface area contributed by atoms with Crippen molar-refractivity contribution in [3.8, 4) is 5.75 Å². The van der Waals surface area contributed by atoms with Gasteiger partial charge in [-0.15, -0.1) is 0 Å². The summed E-state index contributed by atoms with van der Waals surface area (Å²) in [5.74, 6) is 0.325. The molecule has 0 heterocycles. The van der Waals surface area contributed by atoms with Crippen molar-refractivity contribution in [1.29, 1.82) is 0 Å². The minimum Gasteiger partial charge on any atom is -0.487 e. The number of unbranched alkanes of at least 4 members (excludes halogenated alkanes) is 2. The third kappa shape index (κ3) is 5.99. The van der Waals surface area contributed by atoms with Crippen molar-refractivity contribution >= 4 is 11.4 Å². The molecule has 1 aromatic carbocycles. The molecule has 0 bridgehead atoms. The van der Waals surface area contributed by atoms with Crippen LogP contribution in [-0.4, -0.2) is 31.8 Å². The molecule has 21 heavy (non-hydrogen) atoms. The monoisotopic (exact) mass is 296 g/mol. The fourth-order valence-corrected chi connectivity index (χ4v) is 1.95. The first-order chi connectivity index (χ1) is 10.2. The third-order valence-electron chi connectivity index (χ3n) is 2.98. The van der Waals surface area contributed by atoms with Crippen molar-refractivity contribution in [3.05, 3.63) is 28.3 Å². The molecule has 0 radical (unpaired) electrons. The van der Waals surface area contributed by atoms with Crippen LogP contribution in [0, 0.1) is 10.1 Å². The molecule has 0 atom stereocenters.